The molecule has 1 aliphatic heterocycles. The molecular formula is C17H22BrN5O. The van der Waals surface area contributed by atoms with Gasteiger partial charge in [-0.15, -0.1) is 0 Å². The zero-order chi connectivity index (χ0) is 16.8. The third kappa shape index (κ3) is 4.90. The summed E-state index contributed by atoms with van der Waals surface area (Å²) in [7, 11) is 0. The van der Waals surface area contributed by atoms with E-state index in [-0.39, 0.29) is 0 Å². The Morgan fingerprint density at radius 2 is 2.08 bits per heavy atom. The smallest absolute Gasteiger partial charge is 0.224 e. The van der Waals surface area contributed by atoms with Crippen molar-refractivity contribution in [2.75, 3.05) is 50.0 Å². The molecule has 7 heteroatoms. The largest absolute Gasteiger partial charge is 0.379 e. The SMILES string of the molecule is Cc1cc(Nc2ccnc(NCCN3CCOCC3)n2)ccc1Br. The van der Waals surface area contributed by atoms with Crippen molar-refractivity contribution in [3.05, 3.63) is 40.5 Å². The topological polar surface area (TPSA) is 62.3 Å². The Labute approximate surface area is 150 Å². The second-order valence-corrected chi connectivity index (χ2v) is 6.59. The van der Waals surface area contributed by atoms with E-state index in [2.05, 4.69) is 54.4 Å². The van der Waals surface area contributed by atoms with E-state index in [4.69, 9.17) is 4.74 Å². The lowest BCUT2D eigenvalue weighted by Gasteiger charge is -2.26. The Morgan fingerprint density at radius 1 is 1.25 bits per heavy atom. The molecule has 0 aliphatic carbocycles. The van der Waals surface area contributed by atoms with Crippen molar-refractivity contribution in [3.63, 3.8) is 0 Å². The van der Waals surface area contributed by atoms with Crippen molar-refractivity contribution >= 4 is 33.4 Å². The maximum Gasteiger partial charge on any atom is 0.224 e. The number of anilines is 3. The number of ether oxygens (including phenoxy) is 1. The molecule has 0 amide bonds. The summed E-state index contributed by atoms with van der Waals surface area (Å²) >= 11 is 3.51. The van der Waals surface area contributed by atoms with Gasteiger partial charge in [0.15, 0.2) is 0 Å². The van der Waals surface area contributed by atoms with Crippen molar-refractivity contribution in [1.82, 2.24) is 14.9 Å². The maximum absolute atomic E-state index is 5.35. The highest BCUT2D eigenvalue weighted by Gasteiger charge is 2.09. The van der Waals surface area contributed by atoms with Crippen LogP contribution in [0.4, 0.5) is 17.5 Å². The van der Waals surface area contributed by atoms with Crippen LogP contribution in [0.25, 0.3) is 0 Å². The van der Waals surface area contributed by atoms with Gasteiger partial charge in [-0.2, -0.15) is 4.98 Å². The number of hydrogen-bond donors (Lipinski definition) is 2. The summed E-state index contributed by atoms with van der Waals surface area (Å²) in [5.41, 5.74) is 2.19. The standard InChI is InChI=1S/C17H22BrN5O/c1-13-12-14(2-3-15(13)18)21-16-4-5-19-17(22-16)20-6-7-23-8-10-24-11-9-23/h2-5,12H,6-11H2,1H3,(H2,19,20,21,22). The molecule has 6 nitrogen and oxygen atoms in total. The molecule has 0 spiro atoms. The molecule has 0 saturated carbocycles. The van der Waals surface area contributed by atoms with Crippen molar-refractivity contribution in [3.8, 4) is 0 Å². The summed E-state index contributed by atoms with van der Waals surface area (Å²) in [6.07, 6.45) is 1.76. The Kier molecular flexibility index (Phi) is 6.01. The van der Waals surface area contributed by atoms with Crippen LogP contribution < -0.4 is 10.6 Å². The number of rotatable bonds is 6. The summed E-state index contributed by atoms with van der Waals surface area (Å²) in [6.45, 7) is 7.48. The molecule has 1 aromatic heterocycles. The zero-order valence-electron chi connectivity index (χ0n) is 13.8. The molecular weight excluding hydrogens is 370 g/mol. The molecule has 0 atom stereocenters. The fourth-order valence-electron chi connectivity index (χ4n) is 2.53. The van der Waals surface area contributed by atoms with Gasteiger partial charge in [0.2, 0.25) is 5.95 Å². The number of morpholine rings is 1. The Hall–Kier alpha value is -1.70. The summed E-state index contributed by atoms with van der Waals surface area (Å²) in [5.74, 6) is 1.42. The van der Waals surface area contributed by atoms with Crippen LogP contribution >= 0.6 is 15.9 Å². The molecule has 0 radical (unpaired) electrons. The molecule has 2 aromatic rings. The van der Waals surface area contributed by atoms with E-state index in [0.717, 1.165) is 55.4 Å². The second-order valence-electron chi connectivity index (χ2n) is 5.74. The minimum atomic E-state index is 0.641. The van der Waals surface area contributed by atoms with E-state index < -0.39 is 0 Å². The van der Waals surface area contributed by atoms with Crippen molar-refractivity contribution in [2.45, 2.75) is 6.92 Å². The fourth-order valence-corrected chi connectivity index (χ4v) is 2.78. The lowest BCUT2D eigenvalue weighted by atomic mass is 10.2. The van der Waals surface area contributed by atoms with Crippen LogP contribution in [0.15, 0.2) is 34.9 Å². The molecule has 1 aliphatic rings. The molecule has 0 unspecified atom stereocenters. The van der Waals surface area contributed by atoms with Gasteiger partial charge in [0.25, 0.3) is 0 Å². The van der Waals surface area contributed by atoms with E-state index in [9.17, 15) is 0 Å². The predicted molar refractivity (Wildman–Crippen MR) is 99.9 cm³/mol. The minimum Gasteiger partial charge on any atom is -0.379 e. The normalized spacial score (nSPS) is 15.2. The third-order valence-electron chi connectivity index (χ3n) is 3.90. The van der Waals surface area contributed by atoms with Gasteiger partial charge in [0.1, 0.15) is 5.82 Å². The van der Waals surface area contributed by atoms with Gasteiger partial charge in [-0.25, -0.2) is 4.98 Å². The number of aromatic nitrogens is 2. The van der Waals surface area contributed by atoms with Crippen LogP contribution in [0, 0.1) is 6.92 Å². The number of hydrogen-bond acceptors (Lipinski definition) is 6. The average molecular weight is 392 g/mol. The number of benzene rings is 1. The quantitative estimate of drug-likeness (QED) is 0.788. The van der Waals surface area contributed by atoms with Crippen molar-refractivity contribution in [2.24, 2.45) is 0 Å². The molecule has 1 saturated heterocycles. The van der Waals surface area contributed by atoms with Gasteiger partial charge in [-0.1, -0.05) is 15.9 Å². The first kappa shape index (κ1) is 17.1. The first-order valence-corrected chi connectivity index (χ1v) is 8.90. The van der Waals surface area contributed by atoms with Crippen LogP contribution in [0.5, 0.6) is 0 Å². The molecule has 2 heterocycles. The highest BCUT2D eigenvalue weighted by Crippen LogP contribution is 2.22. The summed E-state index contributed by atoms with van der Waals surface area (Å²) < 4.78 is 6.45. The first-order valence-electron chi connectivity index (χ1n) is 8.11. The summed E-state index contributed by atoms with van der Waals surface area (Å²) in [6, 6.07) is 7.99. The van der Waals surface area contributed by atoms with E-state index in [1.54, 1.807) is 6.20 Å². The average Bonchev–Trinajstić information content (AvgIpc) is 2.60. The van der Waals surface area contributed by atoms with Crippen LogP contribution in [0.3, 0.4) is 0 Å². The predicted octanol–water partition coefficient (Wildman–Crippen LogP) is 3.04. The zero-order valence-corrected chi connectivity index (χ0v) is 15.3. The Balaban J connectivity index is 1.54. The highest BCUT2D eigenvalue weighted by molar-refractivity contribution is 9.10. The molecule has 1 fully saturated rings. The monoisotopic (exact) mass is 391 g/mol. The Bertz CT molecular complexity index is 676. The minimum absolute atomic E-state index is 0.641. The molecule has 2 N–H and O–H groups in total. The van der Waals surface area contributed by atoms with E-state index >= 15 is 0 Å². The number of nitrogens with zero attached hydrogens (tertiary/aromatic N) is 3. The number of halogens is 1. The van der Waals surface area contributed by atoms with Crippen LogP contribution in [-0.2, 0) is 4.74 Å². The van der Waals surface area contributed by atoms with Gasteiger partial charge >= 0.3 is 0 Å². The fraction of sp³-hybridized carbons (Fsp3) is 0.412. The van der Waals surface area contributed by atoms with E-state index in [1.165, 1.54) is 5.56 Å². The maximum atomic E-state index is 5.35. The molecule has 128 valence electrons. The van der Waals surface area contributed by atoms with Crippen molar-refractivity contribution < 1.29 is 4.74 Å². The number of aryl methyl sites for hydroxylation is 1. The molecule has 24 heavy (non-hydrogen) atoms. The van der Waals surface area contributed by atoms with Crippen LogP contribution in [0.1, 0.15) is 5.56 Å². The van der Waals surface area contributed by atoms with Gasteiger partial charge in [0.05, 0.1) is 13.2 Å². The third-order valence-corrected chi connectivity index (χ3v) is 4.79. The molecule has 1 aromatic carbocycles. The van der Waals surface area contributed by atoms with Crippen LogP contribution in [-0.4, -0.2) is 54.3 Å². The van der Waals surface area contributed by atoms with Crippen molar-refractivity contribution in [1.29, 1.82) is 0 Å². The van der Waals surface area contributed by atoms with Gasteiger partial charge in [-0.3, -0.25) is 4.90 Å². The highest BCUT2D eigenvalue weighted by atomic mass is 79.9. The number of nitrogens with one attached hydrogen (secondary N) is 2. The van der Waals surface area contributed by atoms with Gasteiger partial charge in [0, 0.05) is 42.5 Å². The summed E-state index contributed by atoms with van der Waals surface area (Å²) in [5, 5.41) is 6.60. The first-order chi connectivity index (χ1) is 11.7. The molecule has 3 rings (SSSR count). The van der Waals surface area contributed by atoms with E-state index in [1.807, 2.05) is 18.2 Å². The van der Waals surface area contributed by atoms with E-state index in [0.29, 0.717) is 5.95 Å². The van der Waals surface area contributed by atoms with Crippen LogP contribution in [0.2, 0.25) is 0 Å². The lowest BCUT2D eigenvalue weighted by Crippen LogP contribution is -2.39. The van der Waals surface area contributed by atoms with Gasteiger partial charge < -0.3 is 15.4 Å². The summed E-state index contributed by atoms with van der Waals surface area (Å²) in [4.78, 5) is 11.2. The lowest BCUT2D eigenvalue weighted by molar-refractivity contribution is 0.0398. The van der Waals surface area contributed by atoms with Gasteiger partial charge in [-0.05, 0) is 36.8 Å². The molecule has 0 bridgehead atoms. The Morgan fingerprint density at radius 3 is 2.88 bits per heavy atom. The second kappa shape index (κ2) is 8.41.